The second-order valence-electron chi connectivity index (χ2n) is 14.2. The van der Waals surface area contributed by atoms with Gasteiger partial charge in [-0.25, -0.2) is 9.78 Å². The first-order valence-corrected chi connectivity index (χ1v) is 17.2. The van der Waals surface area contributed by atoms with Crippen molar-refractivity contribution in [2.24, 2.45) is 5.41 Å². The van der Waals surface area contributed by atoms with Crippen molar-refractivity contribution >= 4 is 5.97 Å². The zero-order valence-electron chi connectivity index (χ0n) is 27.8. The lowest BCUT2D eigenvalue weighted by Gasteiger charge is -2.45. The maximum absolute atomic E-state index is 14.6. The van der Waals surface area contributed by atoms with Gasteiger partial charge in [-0.05, 0) is 86.4 Å². The van der Waals surface area contributed by atoms with Gasteiger partial charge in [-0.3, -0.25) is 14.3 Å². The van der Waals surface area contributed by atoms with Crippen LogP contribution in [0.2, 0.25) is 0 Å². The fourth-order valence-corrected chi connectivity index (χ4v) is 7.73. The third kappa shape index (κ3) is 6.33. The van der Waals surface area contributed by atoms with Crippen molar-refractivity contribution in [2.75, 3.05) is 0 Å². The molecule has 1 atom stereocenters. The van der Waals surface area contributed by atoms with Crippen LogP contribution >= 0.6 is 0 Å². The molecule has 9 nitrogen and oxygen atoms in total. The Balaban J connectivity index is 1.37. The van der Waals surface area contributed by atoms with Crippen LogP contribution < -0.4 is 5.56 Å². The molecule has 0 amide bonds. The molecule has 2 aromatic heterocycles. The smallest absolute Gasteiger partial charge is 0.314 e. The first kappa shape index (κ1) is 32.0. The van der Waals surface area contributed by atoms with Crippen molar-refractivity contribution < 1.29 is 9.53 Å². The van der Waals surface area contributed by atoms with Crippen molar-refractivity contribution in [3.8, 4) is 22.5 Å². The van der Waals surface area contributed by atoms with Crippen LogP contribution in [0, 0.1) is 5.41 Å². The van der Waals surface area contributed by atoms with Gasteiger partial charge in [0.2, 0.25) is 0 Å². The Hall–Kier alpha value is -4.01. The Bertz CT molecular complexity index is 1690. The van der Waals surface area contributed by atoms with Gasteiger partial charge in [0.05, 0.1) is 11.5 Å². The van der Waals surface area contributed by atoms with E-state index in [4.69, 9.17) is 4.74 Å². The van der Waals surface area contributed by atoms with Crippen molar-refractivity contribution in [1.82, 2.24) is 30.0 Å². The van der Waals surface area contributed by atoms with E-state index in [1.807, 2.05) is 43.7 Å². The number of aromatic amines is 1. The number of esters is 1. The second-order valence-corrected chi connectivity index (χ2v) is 14.2. The first-order chi connectivity index (χ1) is 22.2. The quantitative estimate of drug-likeness (QED) is 0.145. The number of fused-ring (bicyclic) bond motifs is 1. The van der Waals surface area contributed by atoms with Crippen LogP contribution in [-0.4, -0.2) is 41.6 Å². The molecule has 1 saturated carbocycles. The molecule has 0 saturated heterocycles. The molecule has 1 aliphatic carbocycles. The molecule has 1 fully saturated rings. The average Bonchev–Trinajstić information content (AvgIpc) is 3.68. The van der Waals surface area contributed by atoms with Gasteiger partial charge in [0.25, 0.3) is 5.56 Å². The molecule has 46 heavy (non-hydrogen) atoms. The molecule has 1 aliphatic heterocycles. The number of tetrazole rings is 1. The number of benzene rings is 2. The van der Waals surface area contributed by atoms with E-state index in [1.165, 1.54) is 0 Å². The highest BCUT2D eigenvalue weighted by Crippen LogP contribution is 2.49. The summed E-state index contributed by atoms with van der Waals surface area (Å²) in [5.74, 6) is 0.498. The molecule has 244 valence electrons. The van der Waals surface area contributed by atoms with Crippen LogP contribution in [0.4, 0.5) is 0 Å². The van der Waals surface area contributed by atoms with E-state index >= 15 is 0 Å². The predicted octanol–water partition coefficient (Wildman–Crippen LogP) is 7.45. The van der Waals surface area contributed by atoms with Gasteiger partial charge in [0, 0.05) is 29.8 Å². The fraction of sp³-hybridized carbons (Fsp3) is 0.541. The second kappa shape index (κ2) is 13.4. The fourth-order valence-electron chi connectivity index (χ4n) is 7.73. The first-order valence-electron chi connectivity index (χ1n) is 17.2. The molecule has 0 spiro atoms. The number of rotatable bonds is 10. The summed E-state index contributed by atoms with van der Waals surface area (Å²) >= 11 is 0. The molecule has 1 unspecified atom stereocenters. The number of aromatic nitrogens is 6. The van der Waals surface area contributed by atoms with E-state index in [1.54, 1.807) is 0 Å². The summed E-state index contributed by atoms with van der Waals surface area (Å²) in [6, 6.07) is 16.4. The van der Waals surface area contributed by atoms with Gasteiger partial charge in [0.1, 0.15) is 5.60 Å². The Labute approximate surface area is 271 Å². The summed E-state index contributed by atoms with van der Waals surface area (Å²) in [5, 5.41) is 14.5. The Morgan fingerprint density at radius 2 is 1.74 bits per heavy atom. The molecule has 1 N–H and O–H groups in total. The third-order valence-electron chi connectivity index (χ3n) is 9.91. The molecular weight excluding hydrogens is 576 g/mol. The largest absolute Gasteiger partial charge is 0.459 e. The average molecular weight is 625 g/mol. The zero-order chi connectivity index (χ0) is 32.3. The van der Waals surface area contributed by atoms with Crippen LogP contribution in [0.5, 0.6) is 0 Å². The van der Waals surface area contributed by atoms with E-state index in [0.29, 0.717) is 12.2 Å². The van der Waals surface area contributed by atoms with Gasteiger partial charge in [-0.15, -0.1) is 5.10 Å². The summed E-state index contributed by atoms with van der Waals surface area (Å²) in [4.78, 5) is 28.6. The number of H-pyrrole nitrogens is 1. The van der Waals surface area contributed by atoms with E-state index in [9.17, 15) is 9.59 Å². The topological polar surface area (TPSA) is 108 Å². The maximum atomic E-state index is 14.6. The number of carbonyl (C=O) groups is 1. The van der Waals surface area contributed by atoms with Crippen LogP contribution in [-0.2, 0) is 28.9 Å². The normalized spacial score (nSPS) is 17.9. The standard InChI is InChI=1S/C37H48N6O3/c1-5-6-8-16-31-30(25-26-18-20-27(21-19-26)28-14-9-10-15-29(28)33-38-40-41-39-33)34(44)43-32(17-13-24-42(31)43)37(22-11-7-12-23-37)35(45)46-36(2,3)4/h9-10,14-15,18-21,32H,5-8,11-13,16-17,22-25H2,1-4H3,(H,38,39,40,41). The molecular formula is C37H48N6O3. The monoisotopic (exact) mass is 624 g/mol. The molecule has 9 heteroatoms. The Morgan fingerprint density at radius 1 is 1.00 bits per heavy atom. The minimum absolute atomic E-state index is 0.0666. The zero-order valence-corrected chi connectivity index (χ0v) is 27.8. The molecule has 2 aliphatic rings. The van der Waals surface area contributed by atoms with Crippen molar-refractivity contribution in [2.45, 2.75) is 123 Å². The van der Waals surface area contributed by atoms with Gasteiger partial charge in [0.15, 0.2) is 5.82 Å². The summed E-state index contributed by atoms with van der Waals surface area (Å²) in [7, 11) is 0. The number of unbranched alkanes of at least 4 members (excludes halogenated alkanes) is 2. The van der Waals surface area contributed by atoms with E-state index in [-0.39, 0.29) is 17.6 Å². The molecule has 2 aromatic carbocycles. The van der Waals surface area contributed by atoms with Gasteiger partial charge in [-0.2, -0.15) is 0 Å². The van der Waals surface area contributed by atoms with Crippen LogP contribution in [0.15, 0.2) is 53.3 Å². The lowest BCUT2D eigenvalue weighted by Crippen LogP contribution is -2.49. The summed E-state index contributed by atoms with van der Waals surface area (Å²) in [5.41, 5.74) is 4.97. The number of ether oxygens (including phenoxy) is 1. The van der Waals surface area contributed by atoms with Crippen LogP contribution in [0.1, 0.15) is 115 Å². The molecule has 4 aromatic rings. The lowest BCUT2D eigenvalue weighted by molar-refractivity contribution is -0.175. The lowest BCUT2D eigenvalue weighted by atomic mass is 9.67. The highest BCUT2D eigenvalue weighted by atomic mass is 16.6. The number of nitrogens with one attached hydrogen (secondary N) is 1. The molecule has 6 rings (SSSR count). The highest BCUT2D eigenvalue weighted by Gasteiger charge is 2.51. The molecule has 0 bridgehead atoms. The molecule has 0 radical (unpaired) electrons. The van der Waals surface area contributed by atoms with E-state index < -0.39 is 11.0 Å². The minimum atomic E-state index is -0.669. The van der Waals surface area contributed by atoms with Gasteiger partial charge < -0.3 is 4.74 Å². The number of nitrogens with zero attached hydrogens (tertiary/aromatic N) is 5. The predicted molar refractivity (Wildman–Crippen MR) is 179 cm³/mol. The highest BCUT2D eigenvalue weighted by molar-refractivity contribution is 5.80. The number of carbonyl (C=O) groups excluding carboxylic acids is 1. The van der Waals surface area contributed by atoms with E-state index in [2.05, 4.69) is 62.6 Å². The van der Waals surface area contributed by atoms with Crippen molar-refractivity contribution in [1.29, 1.82) is 0 Å². The third-order valence-corrected chi connectivity index (χ3v) is 9.91. The maximum Gasteiger partial charge on any atom is 0.314 e. The van der Waals surface area contributed by atoms with Gasteiger partial charge >= 0.3 is 5.97 Å². The Kier molecular flexibility index (Phi) is 9.29. The number of hydrogen-bond donors (Lipinski definition) is 1. The van der Waals surface area contributed by atoms with Crippen molar-refractivity contribution in [3.63, 3.8) is 0 Å². The van der Waals surface area contributed by atoms with Crippen LogP contribution in [0.25, 0.3) is 22.5 Å². The van der Waals surface area contributed by atoms with E-state index in [0.717, 1.165) is 111 Å². The Morgan fingerprint density at radius 3 is 2.41 bits per heavy atom. The summed E-state index contributed by atoms with van der Waals surface area (Å²) in [6.07, 6.45) is 11.2. The van der Waals surface area contributed by atoms with Crippen molar-refractivity contribution in [3.05, 3.63) is 75.7 Å². The number of hydrogen-bond acceptors (Lipinski definition) is 6. The minimum Gasteiger partial charge on any atom is -0.459 e. The van der Waals surface area contributed by atoms with Crippen LogP contribution in [0.3, 0.4) is 0 Å². The molecule has 3 heterocycles. The van der Waals surface area contributed by atoms with Gasteiger partial charge in [-0.1, -0.05) is 87.6 Å². The SMILES string of the molecule is CCCCCc1c(Cc2ccc(-c3ccccc3-c3nnn[nH]3)cc2)c(=O)n2n1CCCC2C1(C(=O)OC(C)(C)C)CCCCC1. The summed E-state index contributed by atoms with van der Waals surface area (Å²) in [6.45, 7) is 8.84. The summed E-state index contributed by atoms with van der Waals surface area (Å²) < 4.78 is 10.4.